The van der Waals surface area contributed by atoms with Gasteiger partial charge in [0.2, 0.25) is 0 Å². The van der Waals surface area contributed by atoms with E-state index in [0.717, 1.165) is 62.4 Å². The van der Waals surface area contributed by atoms with Crippen molar-refractivity contribution in [1.29, 1.82) is 0 Å². The summed E-state index contributed by atoms with van der Waals surface area (Å²) in [6, 6.07) is 9.20. The first-order chi connectivity index (χ1) is 16.1. The van der Waals surface area contributed by atoms with Crippen molar-refractivity contribution in [2.45, 2.75) is 44.2 Å². The van der Waals surface area contributed by atoms with Crippen molar-refractivity contribution in [2.75, 3.05) is 32.6 Å². The zero-order valence-electron chi connectivity index (χ0n) is 18.8. The second-order valence-corrected chi connectivity index (χ2v) is 9.49. The maximum absolute atomic E-state index is 14.8. The van der Waals surface area contributed by atoms with Crippen LogP contribution in [-0.2, 0) is 6.54 Å². The molecule has 0 radical (unpaired) electrons. The first kappa shape index (κ1) is 22.3. The van der Waals surface area contributed by atoms with Crippen LogP contribution in [0.2, 0.25) is 0 Å². The smallest absolute Gasteiger partial charge is 0.264 e. The van der Waals surface area contributed by atoms with Crippen LogP contribution in [-0.4, -0.2) is 49.5 Å². The van der Waals surface area contributed by atoms with Crippen molar-refractivity contribution in [1.82, 2.24) is 9.62 Å². The van der Waals surface area contributed by atoms with Crippen LogP contribution in [0.3, 0.4) is 0 Å². The highest BCUT2D eigenvalue weighted by molar-refractivity contribution is 7.97. The molecule has 2 fully saturated rings. The van der Waals surface area contributed by atoms with Gasteiger partial charge in [-0.15, -0.1) is 0 Å². The van der Waals surface area contributed by atoms with Crippen LogP contribution in [0.4, 0.5) is 4.39 Å². The van der Waals surface area contributed by atoms with Gasteiger partial charge in [0, 0.05) is 25.4 Å². The van der Waals surface area contributed by atoms with Gasteiger partial charge >= 0.3 is 0 Å². The molecule has 2 aromatic carbocycles. The molecule has 1 N–H and O–H groups in total. The SMILES string of the molecule is CSNC(=O)c1cc(C2CC2)c(OC2CCCN(Cc3ccc4c(c3)OCCO4)C2)cc1F. The van der Waals surface area contributed by atoms with Gasteiger partial charge in [-0.2, -0.15) is 0 Å². The van der Waals surface area contributed by atoms with E-state index in [0.29, 0.717) is 24.9 Å². The number of nitrogens with zero attached hydrogens (tertiary/aromatic N) is 1. The quantitative estimate of drug-likeness (QED) is 0.598. The van der Waals surface area contributed by atoms with E-state index in [-0.39, 0.29) is 11.7 Å². The number of nitrogens with one attached hydrogen (secondary N) is 1. The number of amides is 1. The Morgan fingerprint density at radius 1 is 1.18 bits per heavy atom. The van der Waals surface area contributed by atoms with Gasteiger partial charge in [0.15, 0.2) is 11.5 Å². The Morgan fingerprint density at radius 3 is 2.79 bits per heavy atom. The molecule has 0 aromatic heterocycles. The van der Waals surface area contributed by atoms with Crippen molar-refractivity contribution in [3.05, 3.63) is 52.8 Å². The van der Waals surface area contributed by atoms with Crippen molar-refractivity contribution >= 4 is 17.9 Å². The molecule has 176 valence electrons. The first-order valence-corrected chi connectivity index (χ1v) is 12.8. The van der Waals surface area contributed by atoms with Crippen LogP contribution in [0.1, 0.15) is 53.1 Å². The Kier molecular flexibility index (Phi) is 6.64. The molecule has 2 aliphatic heterocycles. The number of piperidine rings is 1. The zero-order chi connectivity index (χ0) is 22.8. The van der Waals surface area contributed by atoms with Crippen LogP contribution in [0.5, 0.6) is 17.2 Å². The van der Waals surface area contributed by atoms with Gasteiger partial charge in [0.1, 0.15) is 30.9 Å². The highest BCUT2D eigenvalue weighted by Crippen LogP contribution is 2.45. The zero-order valence-corrected chi connectivity index (χ0v) is 19.6. The fourth-order valence-electron chi connectivity index (χ4n) is 4.59. The molecule has 2 aromatic rings. The minimum Gasteiger partial charge on any atom is -0.489 e. The topological polar surface area (TPSA) is 60.0 Å². The number of likely N-dealkylation sites (tertiary alicyclic amines) is 1. The number of ether oxygens (including phenoxy) is 3. The van der Waals surface area contributed by atoms with E-state index in [1.807, 2.05) is 6.07 Å². The summed E-state index contributed by atoms with van der Waals surface area (Å²) in [5.41, 5.74) is 2.21. The number of benzene rings is 2. The molecule has 1 atom stereocenters. The summed E-state index contributed by atoms with van der Waals surface area (Å²) in [4.78, 5) is 14.6. The minimum absolute atomic E-state index is 0.0151. The van der Waals surface area contributed by atoms with E-state index in [9.17, 15) is 9.18 Å². The number of hydrogen-bond donors (Lipinski definition) is 1. The largest absolute Gasteiger partial charge is 0.489 e. The van der Waals surface area contributed by atoms with E-state index in [1.54, 1.807) is 12.3 Å². The number of rotatable bonds is 7. The average molecular weight is 473 g/mol. The molecule has 1 amide bonds. The van der Waals surface area contributed by atoms with Crippen LogP contribution in [0.15, 0.2) is 30.3 Å². The Hall–Kier alpha value is -2.45. The maximum Gasteiger partial charge on any atom is 0.264 e. The third-order valence-corrected chi connectivity index (χ3v) is 6.71. The Balaban J connectivity index is 1.27. The van der Waals surface area contributed by atoms with Crippen molar-refractivity contribution in [3.63, 3.8) is 0 Å². The van der Waals surface area contributed by atoms with Crippen LogP contribution >= 0.6 is 11.9 Å². The lowest BCUT2D eigenvalue weighted by atomic mass is 10.0. The predicted molar refractivity (Wildman–Crippen MR) is 126 cm³/mol. The molecule has 1 unspecified atom stereocenters. The molecule has 8 heteroatoms. The van der Waals surface area contributed by atoms with Crippen LogP contribution in [0.25, 0.3) is 0 Å². The average Bonchev–Trinajstić information content (AvgIpc) is 3.65. The van der Waals surface area contributed by atoms with Crippen molar-refractivity contribution in [2.24, 2.45) is 0 Å². The summed E-state index contributed by atoms with van der Waals surface area (Å²) >= 11 is 1.17. The summed E-state index contributed by atoms with van der Waals surface area (Å²) in [7, 11) is 0. The molecule has 3 aliphatic rings. The van der Waals surface area contributed by atoms with Crippen molar-refractivity contribution in [3.8, 4) is 17.2 Å². The molecule has 0 spiro atoms. The monoisotopic (exact) mass is 472 g/mol. The van der Waals surface area contributed by atoms with Gasteiger partial charge in [0.25, 0.3) is 5.91 Å². The van der Waals surface area contributed by atoms with Crippen LogP contribution < -0.4 is 18.9 Å². The molecule has 6 nitrogen and oxygen atoms in total. The predicted octanol–water partition coefficient (Wildman–Crippen LogP) is 4.53. The number of carbonyl (C=O) groups is 1. The van der Waals surface area contributed by atoms with Gasteiger partial charge < -0.3 is 14.2 Å². The highest BCUT2D eigenvalue weighted by atomic mass is 32.2. The van der Waals surface area contributed by atoms with Gasteiger partial charge in [0.05, 0.1) is 5.56 Å². The molecule has 2 heterocycles. The molecule has 33 heavy (non-hydrogen) atoms. The van der Waals surface area contributed by atoms with Gasteiger partial charge in [-0.3, -0.25) is 14.4 Å². The van der Waals surface area contributed by atoms with E-state index in [4.69, 9.17) is 14.2 Å². The molecule has 5 rings (SSSR count). The van der Waals surface area contributed by atoms with Crippen molar-refractivity contribution < 1.29 is 23.4 Å². The number of fused-ring (bicyclic) bond motifs is 1. The molecule has 1 saturated heterocycles. The fourth-order valence-corrected chi connectivity index (χ4v) is 4.88. The Morgan fingerprint density at radius 2 is 2.00 bits per heavy atom. The van der Waals surface area contributed by atoms with Gasteiger partial charge in [-0.05, 0) is 67.5 Å². The normalized spacial score (nSPS) is 20.4. The summed E-state index contributed by atoms with van der Waals surface area (Å²) in [5, 5.41) is 0. The number of halogens is 1. The molecule has 1 aliphatic carbocycles. The minimum atomic E-state index is -0.537. The van der Waals surface area contributed by atoms with E-state index >= 15 is 0 Å². The number of carbonyl (C=O) groups excluding carboxylic acids is 1. The molecular formula is C25H29FN2O4S. The maximum atomic E-state index is 14.8. The second kappa shape index (κ2) is 9.81. The summed E-state index contributed by atoms with van der Waals surface area (Å²) in [5.74, 6) is 1.59. The second-order valence-electron chi connectivity index (χ2n) is 8.87. The molecular weight excluding hydrogens is 443 g/mol. The van der Waals surface area contributed by atoms with Gasteiger partial charge in [-0.25, -0.2) is 4.39 Å². The van der Waals surface area contributed by atoms with Gasteiger partial charge in [-0.1, -0.05) is 18.0 Å². The van der Waals surface area contributed by atoms with E-state index in [2.05, 4.69) is 21.8 Å². The fraction of sp³-hybridized carbons (Fsp3) is 0.480. The molecule has 1 saturated carbocycles. The first-order valence-electron chi connectivity index (χ1n) is 11.5. The number of hydrogen-bond acceptors (Lipinski definition) is 6. The van der Waals surface area contributed by atoms with E-state index < -0.39 is 11.7 Å². The lowest BCUT2D eigenvalue weighted by molar-refractivity contribution is 0.0831. The Labute approximate surface area is 197 Å². The highest BCUT2D eigenvalue weighted by Gasteiger charge is 2.31. The standard InChI is InChI=1S/C25H29FN2O4S/c1-33-27-25(29)20-12-19(17-5-6-17)23(13-21(20)26)32-18-3-2-8-28(15-18)14-16-4-7-22-24(11-16)31-10-9-30-22/h4,7,11-13,17-18H,2-3,5-6,8-10,14-15H2,1H3,(H,27,29). The lowest BCUT2D eigenvalue weighted by Gasteiger charge is -2.33. The third-order valence-electron chi connectivity index (χ3n) is 6.32. The summed E-state index contributed by atoms with van der Waals surface area (Å²) < 4.78 is 35.1. The summed E-state index contributed by atoms with van der Waals surface area (Å²) in [6.07, 6.45) is 5.77. The Bertz CT molecular complexity index is 1030. The van der Waals surface area contributed by atoms with E-state index in [1.165, 1.54) is 23.6 Å². The lowest BCUT2D eigenvalue weighted by Crippen LogP contribution is -2.40. The third kappa shape index (κ3) is 5.22. The van der Waals surface area contributed by atoms with Crippen LogP contribution in [0, 0.1) is 5.82 Å². The molecule has 0 bridgehead atoms. The summed E-state index contributed by atoms with van der Waals surface area (Å²) in [6.45, 7) is 3.73.